The predicted molar refractivity (Wildman–Crippen MR) is 127 cm³/mol. The van der Waals surface area contributed by atoms with Gasteiger partial charge in [0.15, 0.2) is 0 Å². The molecule has 9 heteroatoms. The number of anilines is 1. The molecule has 174 valence electrons. The summed E-state index contributed by atoms with van der Waals surface area (Å²) >= 11 is 1.87. The van der Waals surface area contributed by atoms with Crippen molar-refractivity contribution in [2.45, 2.75) is 39.2 Å². The molecule has 0 saturated carbocycles. The van der Waals surface area contributed by atoms with Crippen molar-refractivity contribution < 1.29 is 9.53 Å². The van der Waals surface area contributed by atoms with Crippen LogP contribution in [0.5, 0.6) is 0 Å². The van der Waals surface area contributed by atoms with Crippen LogP contribution in [-0.4, -0.2) is 96.1 Å². The molecule has 5 rings (SSSR count). The van der Waals surface area contributed by atoms with Crippen LogP contribution < -0.4 is 5.32 Å². The zero-order valence-corrected chi connectivity index (χ0v) is 19.9. The Hall–Kier alpha value is -1.81. The summed E-state index contributed by atoms with van der Waals surface area (Å²) < 4.78 is 5.50. The summed E-state index contributed by atoms with van der Waals surface area (Å²) in [6.45, 7) is 11.3. The largest absolute Gasteiger partial charge is 0.379 e. The molecule has 2 saturated heterocycles. The summed E-state index contributed by atoms with van der Waals surface area (Å²) in [6.07, 6.45) is 4.86. The molecule has 1 amide bonds. The Morgan fingerprint density at radius 2 is 1.81 bits per heavy atom. The lowest BCUT2D eigenvalue weighted by Crippen LogP contribution is -2.49. The number of fused-ring (bicyclic) bond motifs is 3. The Morgan fingerprint density at radius 1 is 1.03 bits per heavy atom. The Balaban J connectivity index is 1.30. The SMILES string of the molecule is CC(=O)N1CCN(CCNc2nc(CN3CCOCC3)nc3sc4c(c23)CCCC4)CC1. The second kappa shape index (κ2) is 9.99. The van der Waals surface area contributed by atoms with Crippen molar-refractivity contribution in [2.75, 3.05) is 70.9 Å². The highest BCUT2D eigenvalue weighted by atomic mass is 32.1. The van der Waals surface area contributed by atoms with E-state index in [9.17, 15) is 4.79 Å². The molecule has 2 aromatic rings. The number of carbonyl (C=O) groups excluding carboxylic acids is 1. The number of carbonyl (C=O) groups is 1. The summed E-state index contributed by atoms with van der Waals surface area (Å²) in [5.74, 6) is 2.11. The van der Waals surface area contributed by atoms with E-state index in [0.717, 1.165) is 95.0 Å². The Kier molecular flexibility index (Phi) is 6.87. The molecule has 0 radical (unpaired) electrons. The number of nitrogens with one attached hydrogen (secondary N) is 1. The molecule has 2 fully saturated rings. The maximum atomic E-state index is 11.6. The number of thiophene rings is 1. The Labute approximate surface area is 193 Å². The van der Waals surface area contributed by atoms with Crippen LogP contribution in [0.3, 0.4) is 0 Å². The lowest BCUT2D eigenvalue weighted by Gasteiger charge is -2.34. The molecule has 0 atom stereocenters. The molecule has 3 aliphatic rings. The van der Waals surface area contributed by atoms with Crippen molar-refractivity contribution >= 4 is 33.3 Å². The highest BCUT2D eigenvalue weighted by molar-refractivity contribution is 7.19. The van der Waals surface area contributed by atoms with Crippen molar-refractivity contribution in [1.82, 2.24) is 24.7 Å². The van der Waals surface area contributed by atoms with Gasteiger partial charge in [-0.3, -0.25) is 14.6 Å². The zero-order chi connectivity index (χ0) is 21.9. The van der Waals surface area contributed by atoms with Crippen LogP contribution in [0.25, 0.3) is 10.2 Å². The van der Waals surface area contributed by atoms with Crippen LogP contribution in [0.1, 0.15) is 36.0 Å². The van der Waals surface area contributed by atoms with Crippen molar-refractivity contribution in [3.05, 3.63) is 16.3 Å². The Morgan fingerprint density at radius 3 is 2.59 bits per heavy atom. The number of hydrogen-bond donors (Lipinski definition) is 1. The monoisotopic (exact) mass is 458 g/mol. The van der Waals surface area contributed by atoms with Gasteiger partial charge in [0.25, 0.3) is 0 Å². The molecule has 2 aromatic heterocycles. The molecule has 0 unspecified atom stereocenters. The number of piperazine rings is 1. The number of aryl methyl sites for hydroxylation is 2. The van der Waals surface area contributed by atoms with Crippen molar-refractivity contribution in [1.29, 1.82) is 0 Å². The lowest BCUT2D eigenvalue weighted by atomic mass is 9.97. The second-order valence-corrected chi connectivity index (χ2v) is 10.1. The van der Waals surface area contributed by atoms with Gasteiger partial charge >= 0.3 is 0 Å². The third kappa shape index (κ3) is 4.90. The van der Waals surface area contributed by atoms with Crippen LogP contribution >= 0.6 is 11.3 Å². The van der Waals surface area contributed by atoms with Crippen LogP contribution in [0.15, 0.2) is 0 Å². The van der Waals surface area contributed by atoms with E-state index in [2.05, 4.69) is 15.1 Å². The zero-order valence-electron chi connectivity index (χ0n) is 19.1. The molecule has 32 heavy (non-hydrogen) atoms. The fourth-order valence-electron chi connectivity index (χ4n) is 4.98. The summed E-state index contributed by atoms with van der Waals surface area (Å²) in [4.78, 5) is 31.0. The average Bonchev–Trinajstić information content (AvgIpc) is 3.18. The minimum absolute atomic E-state index is 0.182. The minimum Gasteiger partial charge on any atom is -0.379 e. The summed E-state index contributed by atoms with van der Waals surface area (Å²) in [5.41, 5.74) is 1.48. The molecular weight excluding hydrogens is 424 g/mol. The molecule has 1 N–H and O–H groups in total. The highest BCUT2D eigenvalue weighted by Crippen LogP contribution is 2.38. The predicted octanol–water partition coefficient (Wildman–Crippen LogP) is 1.98. The van der Waals surface area contributed by atoms with Gasteiger partial charge in [-0.2, -0.15) is 0 Å². The molecule has 0 spiro atoms. The van der Waals surface area contributed by atoms with E-state index in [1.54, 1.807) is 6.92 Å². The third-order valence-electron chi connectivity index (χ3n) is 6.87. The van der Waals surface area contributed by atoms with Gasteiger partial charge in [-0.15, -0.1) is 11.3 Å². The molecule has 0 aromatic carbocycles. The fourth-order valence-corrected chi connectivity index (χ4v) is 6.26. The molecule has 8 nitrogen and oxygen atoms in total. The number of aromatic nitrogens is 2. The van der Waals surface area contributed by atoms with Gasteiger partial charge < -0.3 is 15.0 Å². The van der Waals surface area contributed by atoms with E-state index in [-0.39, 0.29) is 5.91 Å². The maximum Gasteiger partial charge on any atom is 0.219 e. The first-order chi connectivity index (χ1) is 15.7. The van der Waals surface area contributed by atoms with Gasteiger partial charge in [0.2, 0.25) is 5.91 Å². The smallest absolute Gasteiger partial charge is 0.219 e. The van der Waals surface area contributed by atoms with Gasteiger partial charge in [0.05, 0.1) is 25.1 Å². The van der Waals surface area contributed by atoms with E-state index in [1.165, 1.54) is 35.1 Å². The standard InChI is InChI=1S/C23H34N6O2S/c1-17(30)29-10-8-27(9-11-29)7-6-24-22-21-18-4-2-3-5-19(18)32-23(21)26-20(25-22)16-28-12-14-31-15-13-28/h2-16H2,1H3,(H,24,25,26). The molecule has 2 aliphatic heterocycles. The first-order valence-electron chi connectivity index (χ1n) is 12.0. The molecule has 1 aliphatic carbocycles. The topological polar surface area (TPSA) is 73.8 Å². The number of rotatable bonds is 6. The van der Waals surface area contributed by atoms with Crippen LogP contribution in [-0.2, 0) is 28.9 Å². The van der Waals surface area contributed by atoms with E-state index in [1.807, 2.05) is 16.2 Å². The number of nitrogens with zero attached hydrogens (tertiary/aromatic N) is 5. The van der Waals surface area contributed by atoms with Gasteiger partial charge in [-0.05, 0) is 31.2 Å². The maximum absolute atomic E-state index is 11.6. The fraction of sp³-hybridized carbons (Fsp3) is 0.696. The number of ether oxygens (including phenoxy) is 1. The summed E-state index contributed by atoms with van der Waals surface area (Å²) in [6, 6.07) is 0. The first kappa shape index (κ1) is 22.0. The van der Waals surface area contributed by atoms with Crippen LogP contribution in [0.4, 0.5) is 5.82 Å². The van der Waals surface area contributed by atoms with E-state index in [4.69, 9.17) is 14.7 Å². The minimum atomic E-state index is 0.182. The molecule has 4 heterocycles. The Bertz CT molecular complexity index is 950. The molecular formula is C23H34N6O2S. The van der Waals surface area contributed by atoms with Gasteiger partial charge in [-0.25, -0.2) is 9.97 Å². The van der Waals surface area contributed by atoms with Crippen molar-refractivity contribution in [3.8, 4) is 0 Å². The summed E-state index contributed by atoms with van der Waals surface area (Å²) in [7, 11) is 0. The van der Waals surface area contributed by atoms with E-state index < -0.39 is 0 Å². The number of hydrogen-bond acceptors (Lipinski definition) is 8. The van der Waals surface area contributed by atoms with Crippen LogP contribution in [0.2, 0.25) is 0 Å². The third-order valence-corrected chi connectivity index (χ3v) is 8.05. The first-order valence-corrected chi connectivity index (χ1v) is 12.8. The van der Waals surface area contributed by atoms with Crippen molar-refractivity contribution in [2.24, 2.45) is 0 Å². The number of morpholine rings is 1. The highest BCUT2D eigenvalue weighted by Gasteiger charge is 2.23. The van der Waals surface area contributed by atoms with Gasteiger partial charge in [0.1, 0.15) is 16.5 Å². The van der Waals surface area contributed by atoms with Crippen LogP contribution in [0, 0.1) is 0 Å². The van der Waals surface area contributed by atoms with Crippen molar-refractivity contribution in [3.63, 3.8) is 0 Å². The quantitative estimate of drug-likeness (QED) is 0.710. The van der Waals surface area contributed by atoms with Gasteiger partial charge in [0, 0.05) is 64.2 Å². The number of amides is 1. The average molecular weight is 459 g/mol. The second-order valence-electron chi connectivity index (χ2n) is 9.04. The lowest BCUT2D eigenvalue weighted by molar-refractivity contribution is -0.130. The van der Waals surface area contributed by atoms with Gasteiger partial charge in [-0.1, -0.05) is 0 Å². The normalized spacial score (nSPS) is 20.5. The molecule has 0 bridgehead atoms. The summed E-state index contributed by atoms with van der Waals surface area (Å²) in [5, 5.41) is 4.93. The van der Waals surface area contributed by atoms with E-state index in [0.29, 0.717) is 0 Å². The van der Waals surface area contributed by atoms with E-state index >= 15 is 0 Å².